The normalized spacial score (nSPS) is 19.1. The van der Waals surface area contributed by atoms with E-state index in [1.807, 2.05) is 42.5 Å². The third-order valence-electron chi connectivity index (χ3n) is 6.35. The SMILES string of the molecule is NC(=O)C1CCCN1C(=O)C1CCN(C(=O)c2ccc(OCc3ccccc3)cc2)CC1. The first-order valence-electron chi connectivity index (χ1n) is 11.2. The highest BCUT2D eigenvalue weighted by atomic mass is 16.5. The van der Waals surface area contributed by atoms with Gasteiger partial charge in [-0.1, -0.05) is 30.3 Å². The van der Waals surface area contributed by atoms with Crippen molar-refractivity contribution in [2.24, 2.45) is 11.7 Å². The van der Waals surface area contributed by atoms with Gasteiger partial charge in [0.15, 0.2) is 0 Å². The molecule has 2 aromatic carbocycles. The lowest BCUT2D eigenvalue weighted by Crippen LogP contribution is -2.49. The van der Waals surface area contributed by atoms with E-state index in [1.165, 1.54) is 0 Å². The molecule has 2 N–H and O–H groups in total. The highest BCUT2D eigenvalue weighted by Gasteiger charge is 2.37. The fraction of sp³-hybridized carbons (Fsp3) is 0.400. The number of carbonyl (C=O) groups excluding carboxylic acids is 3. The molecule has 1 unspecified atom stereocenters. The van der Waals surface area contributed by atoms with E-state index in [9.17, 15) is 14.4 Å². The summed E-state index contributed by atoms with van der Waals surface area (Å²) in [4.78, 5) is 40.8. The molecular formula is C25H29N3O4. The van der Waals surface area contributed by atoms with Gasteiger partial charge in [-0.15, -0.1) is 0 Å². The minimum atomic E-state index is -0.482. The summed E-state index contributed by atoms with van der Waals surface area (Å²) in [5, 5.41) is 0. The van der Waals surface area contributed by atoms with Crippen LogP contribution in [0.2, 0.25) is 0 Å². The molecule has 7 nitrogen and oxygen atoms in total. The summed E-state index contributed by atoms with van der Waals surface area (Å²) in [5.74, 6) is 0.0803. The Morgan fingerprint density at radius 2 is 1.59 bits per heavy atom. The van der Waals surface area contributed by atoms with Gasteiger partial charge < -0.3 is 20.3 Å². The molecule has 32 heavy (non-hydrogen) atoms. The van der Waals surface area contributed by atoms with Gasteiger partial charge in [0.1, 0.15) is 18.4 Å². The molecule has 2 fully saturated rings. The monoisotopic (exact) mass is 435 g/mol. The number of carbonyl (C=O) groups is 3. The van der Waals surface area contributed by atoms with Crippen molar-refractivity contribution in [2.75, 3.05) is 19.6 Å². The Balaban J connectivity index is 1.28. The Labute approximate surface area is 188 Å². The van der Waals surface area contributed by atoms with Crippen molar-refractivity contribution in [3.63, 3.8) is 0 Å². The summed E-state index contributed by atoms with van der Waals surface area (Å²) in [7, 11) is 0. The van der Waals surface area contributed by atoms with Crippen LogP contribution < -0.4 is 10.5 Å². The second kappa shape index (κ2) is 9.85. The average molecular weight is 436 g/mol. The number of piperidine rings is 1. The molecule has 2 heterocycles. The lowest BCUT2D eigenvalue weighted by molar-refractivity contribution is -0.141. The highest BCUT2D eigenvalue weighted by molar-refractivity contribution is 5.94. The van der Waals surface area contributed by atoms with Crippen molar-refractivity contribution < 1.29 is 19.1 Å². The van der Waals surface area contributed by atoms with Crippen molar-refractivity contribution in [3.8, 4) is 5.75 Å². The van der Waals surface area contributed by atoms with E-state index in [0.717, 1.165) is 12.0 Å². The van der Waals surface area contributed by atoms with Crippen molar-refractivity contribution >= 4 is 17.7 Å². The molecule has 7 heteroatoms. The van der Waals surface area contributed by atoms with Crippen LogP contribution in [-0.4, -0.2) is 53.2 Å². The number of nitrogens with two attached hydrogens (primary N) is 1. The maximum atomic E-state index is 12.9. The molecule has 0 bridgehead atoms. The molecule has 168 valence electrons. The molecule has 0 radical (unpaired) electrons. The molecule has 2 aliphatic heterocycles. The van der Waals surface area contributed by atoms with E-state index < -0.39 is 11.9 Å². The first-order chi connectivity index (χ1) is 15.5. The Morgan fingerprint density at radius 3 is 2.25 bits per heavy atom. The molecular weight excluding hydrogens is 406 g/mol. The number of hydrogen-bond acceptors (Lipinski definition) is 4. The van der Waals surface area contributed by atoms with E-state index in [0.29, 0.717) is 56.8 Å². The molecule has 2 aromatic rings. The first-order valence-corrected chi connectivity index (χ1v) is 11.2. The van der Waals surface area contributed by atoms with Crippen LogP contribution in [0.4, 0.5) is 0 Å². The Bertz CT molecular complexity index is 953. The van der Waals surface area contributed by atoms with Gasteiger partial charge in [0, 0.05) is 31.1 Å². The average Bonchev–Trinajstić information content (AvgIpc) is 3.33. The maximum Gasteiger partial charge on any atom is 0.253 e. The Morgan fingerprint density at radius 1 is 0.906 bits per heavy atom. The summed E-state index contributed by atoms with van der Waals surface area (Å²) in [6.45, 7) is 2.11. The number of primary amides is 1. The number of likely N-dealkylation sites (tertiary alicyclic amines) is 2. The number of amides is 3. The van der Waals surface area contributed by atoms with Gasteiger partial charge in [0.25, 0.3) is 5.91 Å². The highest BCUT2D eigenvalue weighted by Crippen LogP contribution is 2.26. The third-order valence-corrected chi connectivity index (χ3v) is 6.35. The molecule has 2 saturated heterocycles. The number of hydrogen-bond donors (Lipinski definition) is 1. The van der Waals surface area contributed by atoms with Gasteiger partial charge >= 0.3 is 0 Å². The molecule has 0 spiro atoms. The Hall–Kier alpha value is -3.35. The molecule has 0 aromatic heterocycles. The van der Waals surface area contributed by atoms with Crippen molar-refractivity contribution in [1.82, 2.24) is 9.80 Å². The Kier molecular flexibility index (Phi) is 6.73. The predicted molar refractivity (Wildman–Crippen MR) is 120 cm³/mol. The van der Waals surface area contributed by atoms with Crippen LogP contribution in [-0.2, 0) is 16.2 Å². The van der Waals surface area contributed by atoms with Gasteiger partial charge in [-0.25, -0.2) is 0 Å². The fourth-order valence-electron chi connectivity index (χ4n) is 4.51. The fourth-order valence-corrected chi connectivity index (χ4v) is 4.51. The van der Waals surface area contributed by atoms with Gasteiger partial charge in [0.2, 0.25) is 11.8 Å². The second-order valence-corrected chi connectivity index (χ2v) is 8.46. The number of benzene rings is 2. The smallest absolute Gasteiger partial charge is 0.253 e. The van der Waals surface area contributed by atoms with Crippen LogP contribution in [0.5, 0.6) is 5.75 Å². The van der Waals surface area contributed by atoms with Gasteiger partial charge in [-0.2, -0.15) is 0 Å². The van der Waals surface area contributed by atoms with Crippen molar-refractivity contribution in [2.45, 2.75) is 38.3 Å². The minimum Gasteiger partial charge on any atom is -0.489 e. The van der Waals surface area contributed by atoms with Gasteiger partial charge in [-0.3, -0.25) is 14.4 Å². The van der Waals surface area contributed by atoms with Crippen LogP contribution in [0.1, 0.15) is 41.6 Å². The maximum absolute atomic E-state index is 12.9. The standard InChI is InChI=1S/C25H29N3O4/c26-23(29)22-7-4-14-28(22)25(31)20-12-15-27(16-13-20)24(30)19-8-10-21(11-9-19)32-17-18-5-2-1-3-6-18/h1-3,5-6,8-11,20,22H,4,7,12-17H2,(H2,26,29). The zero-order valence-corrected chi connectivity index (χ0v) is 18.1. The van der Waals surface area contributed by atoms with E-state index >= 15 is 0 Å². The van der Waals surface area contributed by atoms with Crippen molar-refractivity contribution in [1.29, 1.82) is 0 Å². The summed E-state index contributed by atoms with van der Waals surface area (Å²) in [6, 6.07) is 16.6. The van der Waals surface area contributed by atoms with Gasteiger partial charge in [0.05, 0.1) is 0 Å². The molecule has 0 aliphatic carbocycles. The topological polar surface area (TPSA) is 92.9 Å². The quantitative estimate of drug-likeness (QED) is 0.755. The molecule has 0 saturated carbocycles. The minimum absolute atomic E-state index is 0.00156. The number of rotatable bonds is 6. The van der Waals surface area contributed by atoms with Crippen LogP contribution in [0.3, 0.4) is 0 Å². The summed E-state index contributed by atoms with van der Waals surface area (Å²) < 4.78 is 5.79. The largest absolute Gasteiger partial charge is 0.489 e. The number of ether oxygens (including phenoxy) is 1. The molecule has 3 amide bonds. The summed E-state index contributed by atoms with van der Waals surface area (Å²) >= 11 is 0. The third kappa shape index (κ3) is 4.93. The molecule has 2 aliphatic rings. The second-order valence-electron chi connectivity index (χ2n) is 8.46. The van der Waals surface area contributed by atoms with Crippen molar-refractivity contribution in [3.05, 3.63) is 65.7 Å². The zero-order chi connectivity index (χ0) is 22.5. The van der Waals surface area contributed by atoms with Crippen LogP contribution in [0, 0.1) is 5.92 Å². The van der Waals surface area contributed by atoms with Gasteiger partial charge in [-0.05, 0) is 55.5 Å². The first kappa shape index (κ1) is 21.9. The van der Waals surface area contributed by atoms with E-state index in [2.05, 4.69) is 0 Å². The summed E-state index contributed by atoms with van der Waals surface area (Å²) in [6.07, 6.45) is 2.65. The number of nitrogens with zero attached hydrogens (tertiary/aromatic N) is 2. The van der Waals surface area contributed by atoms with Crippen LogP contribution in [0.25, 0.3) is 0 Å². The van der Waals surface area contributed by atoms with Crippen LogP contribution >= 0.6 is 0 Å². The van der Waals surface area contributed by atoms with E-state index in [1.54, 1.807) is 21.9 Å². The summed E-state index contributed by atoms with van der Waals surface area (Å²) in [5.41, 5.74) is 7.14. The van der Waals surface area contributed by atoms with Crippen LogP contribution in [0.15, 0.2) is 54.6 Å². The zero-order valence-electron chi connectivity index (χ0n) is 18.1. The van der Waals surface area contributed by atoms with E-state index in [4.69, 9.17) is 10.5 Å². The molecule has 4 rings (SSSR count). The lowest BCUT2D eigenvalue weighted by Gasteiger charge is -2.34. The molecule has 1 atom stereocenters. The lowest BCUT2D eigenvalue weighted by atomic mass is 9.94. The van der Waals surface area contributed by atoms with E-state index in [-0.39, 0.29) is 17.7 Å². The predicted octanol–water partition coefficient (Wildman–Crippen LogP) is 2.59.